The lowest BCUT2D eigenvalue weighted by atomic mass is 10.1. The van der Waals surface area contributed by atoms with E-state index < -0.39 is 17.6 Å². The highest BCUT2D eigenvalue weighted by atomic mass is 19.1. The Balaban J connectivity index is 1.23. The van der Waals surface area contributed by atoms with Crippen LogP contribution in [0.25, 0.3) is 22.3 Å². The summed E-state index contributed by atoms with van der Waals surface area (Å²) >= 11 is 0. The molecule has 1 aliphatic heterocycles. The van der Waals surface area contributed by atoms with Crippen LogP contribution < -0.4 is 15.2 Å². The number of hydrogen-bond acceptors (Lipinski definition) is 9. The molecule has 0 radical (unpaired) electrons. The number of likely N-dealkylation sites (tertiary alicyclic amines) is 1. The number of piperidine rings is 1. The maximum absolute atomic E-state index is 14.4. The Morgan fingerprint density at radius 1 is 1.07 bits per heavy atom. The van der Waals surface area contributed by atoms with Gasteiger partial charge in [0.2, 0.25) is 0 Å². The fourth-order valence-corrected chi connectivity index (χ4v) is 5.12. The molecule has 11 nitrogen and oxygen atoms in total. The second kappa shape index (κ2) is 12.0. The van der Waals surface area contributed by atoms with Crippen molar-refractivity contribution in [2.24, 2.45) is 0 Å². The number of benzene rings is 2. The van der Waals surface area contributed by atoms with E-state index in [4.69, 9.17) is 20.3 Å². The largest absolute Gasteiger partial charge is 0.489 e. The number of hydrogen-bond donors (Lipinski definition) is 1. The van der Waals surface area contributed by atoms with E-state index in [9.17, 15) is 13.6 Å². The quantitative estimate of drug-likeness (QED) is 0.235. The minimum atomic E-state index is -0.995. The maximum Gasteiger partial charge on any atom is 0.282 e. The second-order valence-corrected chi connectivity index (χ2v) is 10.4. The number of nitrogens with two attached hydrogens (primary N) is 1. The molecule has 4 heterocycles. The van der Waals surface area contributed by atoms with Crippen molar-refractivity contribution >= 4 is 22.8 Å². The summed E-state index contributed by atoms with van der Waals surface area (Å²) in [4.78, 5) is 30.5. The number of aromatic nitrogens is 6. The summed E-state index contributed by atoms with van der Waals surface area (Å²) in [5.74, 6) is -0.328. The molecule has 0 aliphatic carbocycles. The van der Waals surface area contributed by atoms with Crippen LogP contribution in [0.3, 0.4) is 0 Å². The molecule has 1 amide bonds. The van der Waals surface area contributed by atoms with E-state index in [1.54, 1.807) is 54.3 Å². The van der Waals surface area contributed by atoms with Gasteiger partial charge in [-0.25, -0.2) is 33.4 Å². The summed E-state index contributed by atoms with van der Waals surface area (Å²) in [6.07, 6.45) is 6.05. The van der Waals surface area contributed by atoms with Crippen molar-refractivity contribution in [1.29, 1.82) is 0 Å². The number of rotatable bonds is 8. The normalized spacial score (nSPS) is 14.9. The number of aryl methyl sites for hydroxylation is 1. The zero-order valence-corrected chi connectivity index (χ0v) is 23.8. The molecule has 1 aliphatic rings. The number of nitrogen functional groups attached to an aromatic ring is 1. The van der Waals surface area contributed by atoms with E-state index in [0.717, 1.165) is 5.56 Å². The van der Waals surface area contributed by atoms with Gasteiger partial charge in [-0.2, -0.15) is 5.10 Å². The highest BCUT2D eigenvalue weighted by Gasteiger charge is 2.29. The lowest BCUT2D eigenvalue weighted by molar-refractivity contribution is -0.130. The van der Waals surface area contributed by atoms with E-state index in [0.29, 0.717) is 59.0 Å². The van der Waals surface area contributed by atoms with Crippen molar-refractivity contribution in [3.8, 4) is 28.5 Å². The van der Waals surface area contributed by atoms with Crippen LogP contribution in [0.15, 0.2) is 73.6 Å². The maximum atomic E-state index is 14.4. The van der Waals surface area contributed by atoms with Crippen LogP contribution in [0.2, 0.25) is 0 Å². The predicted octanol–water partition coefficient (Wildman–Crippen LogP) is 5.33. The minimum absolute atomic E-state index is 0.172. The molecule has 0 spiro atoms. The molecule has 2 N–H and O–H groups in total. The zero-order chi connectivity index (χ0) is 30.8. The van der Waals surface area contributed by atoms with Crippen molar-refractivity contribution in [2.75, 3.05) is 18.8 Å². The molecule has 6 rings (SSSR count). The third-order valence-corrected chi connectivity index (χ3v) is 7.23. The van der Waals surface area contributed by atoms with Gasteiger partial charge in [-0.1, -0.05) is 6.58 Å². The Morgan fingerprint density at radius 3 is 2.57 bits per heavy atom. The fourth-order valence-electron chi connectivity index (χ4n) is 5.12. The van der Waals surface area contributed by atoms with Gasteiger partial charge in [-0.15, -0.1) is 0 Å². The number of ether oxygens (including phenoxy) is 2. The van der Waals surface area contributed by atoms with Crippen LogP contribution in [0.4, 0.5) is 14.6 Å². The standard InChI is InChI=1S/C31H28F2N8O3/c1-18(32)31(42)40-9-3-4-23(15-40)41-30-27(29(34)37-17-38-30)28(39-41)21-5-7-24(8-6-21)44-26-11-22(33)10-25(12-26)43-16-20-13-35-19(2)36-14-20/h5-8,10-14,17,23H,1,3-4,9,15-16H2,2H3,(H2,34,37,38)/t23-/m1/s1. The van der Waals surface area contributed by atoms with E-state index >= 15 is 0 Å². The Morgan fingerprint density at radius 2 is 1.82 bits per heavy atom. The fraction of sp³-hybridized carbons (Fsp3) is 0.226. The van der Waals surface area contributed by atoms with Crippen molar-refractivity contribution in [1.82, 2.24) is 34.6 Å². The number of amides is 1. The van der Waals surface area contributed by atoms with Crippen LogP contribution in [0.5, 0.6) is 17.2 Å². The monoisotopic (exact) mass is 598 g/mol. The molecule has 1 atom stereocenters. The van der Waals surface area contributed by atoms with Gasteiger partial charge in [0, 0.05) is 54.8 Å². The van der Waals surface area contributed by atoms with E-state index in [-0.39, 0.29) is 30.8 Å². The summed E-state index contributed by atoms with van der Waals surface area (Å²) in [6.45, 7) is 5.79. The Kier molecular flexibility index (Phi) is 7.84. The number of fused-ring (bicyclic) bond motifs is 1. The van der Waals surface area contributed by atoms with Gasteiger partial charge in [0.1, 0.15) is 53.3 Å². The van der Waals surface area contributed by atoms with Crippen LogP contribution in [0, 0.1) is 12.7 Å². The summed E-state index contributed by atoms with van der Waals surface area (Å²) in [5, 5.41) is 5.39. The molecule has 44 heavy (non-hydrogen) atoms. The average Bonchev–Trinajstić information content (AvgIpc) is 3.42. The first-order chi connectivity index (χ1) is 21.2. The molecule has 2 aromatic carbocycles. The van der Waals surface area contributed by atoms with Crippen LogP contribution >= 0.6 is 0 Å². The van der Waals surface area contributed by atoms with Gasteiger partial charge in [0.15, 0.2) is 11.5 Å². The first kappa shape index (κ1) is 28.6. The smallest absolute Gasteiger partial charge is 0.282 e. The molecule has 0 saturated carbocycles. The Labute approximate surface area is 251 Å². The molecule has 5 aromatic rings. The lowest BCUT2D eigenvalue weighted by Gasteiger charge is -2.32. The first-order valence-corrected chi connectivity index (χ1v) is 13.9. The lowest BCUT2D eigenvalue weighted by Crippen LogP contribution is -2.41. The zero-order valence-electron chi connectivity index (χ0n) is 23.8. The van der Waals surface area contributed by atoms with Gasteiger partial charge in [0.05, 0.1) is 11.4 Å². The van der Waals surface area contributed by atoms with Crippen molar-refractivity contribution in [3.05, 3.63) is 90.8 Å². The van der Waals surface area contributed by atoms with Crippen LogP contribution in [-0.4, -0.2) is 53.6 Å². The molecule has 1 saturated heterocycles. The topological polar surface area (TPSA) is 134 Å². The summed E-state index contributed by atoms with van der Waals surface area (Å²) in [6, 6.07) is 10.9. The first-order valence-electron chi connectivity index (χ1n) is 13.9. The van der Waals surface area contributed by atoms with E-state index in [1.165, 1.54) is 23.4 Å². The molecular weight excluding hydrogens is 570 g/mol. The molecular formula is C31H28F2N8O3. The predicted molar refractivity (Wildman–Crippen MR) is 158 cm³/mol. The number of carbonyl (C=O) groups excluding carboxylic acids is 1. The number of nitrogens with zero attached hydrogens (tertiary/aromatic N) is 7. The van der Waals surface area contributed by atoms with Crippen molar-refractivity contribution in [2.45, 2.75) is 32.4 Å². The molecule has 0 bridgehead atoms. The van der Waals surface area contributed by atoms with E-state index in [2.05, 4.69) is 26.5 Å². The van der Waals surface area contributed by atoms with Gasteiger partial charge in [0.25, 0.3) is 5.91 Å². The van der Waals surface area contributed by atoms with Gasteiger partial charge < -0.3 is 20.1 Å². The molecule has 224 valence electrons. The second-order valence-electron chi connectivity index (χ2n) is 10.4. The van der Waals surface area contributed by atoms with Gasteiger partial charge in [-0.3, -0.25) is 4.79 Å². The molecule has 13 heteroatoms. The average molecular weight is 599 g/mol. The third kappa shape index (κ3) is 6.02. The van der Waals surface area contributed by atoms with E-state index in [1.807, 2.05) is 0 Å². The Hall–Kier alpha value is -5.46. The van der Waals surface area contributed by atoms with Crippen LogP contribution in [-0.2, 0) is 11.4 Å². The Bertz CT molecular complexity index is 1840. The minimum Gasteiger partial charge on any atom is -0.489 e. The SMILES string of the molecule is C=C(F)C(=O)N1CCC[C@@H](n2nc(-c3ccc(Oc4cc(F)cc(OCc5cnc(C)nc5)c4)cc3)c3c(N)ncnc32)C1. The summed E-state index contributed by atoms with van der Waals surface area (Å²) in [7, 11) is 0. The molecule has 0 unspecified atom stereocenters. The molecule has 3 aromatic heterocycles. The number of anilines is 1. The number of halogens is 2. The summed E-state index contributed by atoms with van der Waals surface area (Å²) < 4.78 is 41.3. The van der Waals surface area contributed by atoms with Crippen LogP contribution in [0.1, 0.15) is 30.3 Å². The number of carbonyl (C=O) groups is 1. The highest BCUT2D eigenvalue weighted by Crippen LogP contribution is 2.35. The summed E-state index contributed by atoms with van der Waals surface area (Å²) in [5.41, 5.74) is 8.79. The highest BCUT2D eigenvalue weighted by molar-refractivity contribution is 5.98. The van der Waals surface area contributed by atoms with Crippen molar-refractivity contribution < 1.29 is 23.0 Å². The third-order valence-electron chi connectivity index (χ3n) is 7.23. The van der Waals surface area contributed by atoms with Gasteiger partial charge in [-0.05, 0) is 44.0 Å². The van der Waals surface area contributed by atoms with Crippen molar-refractivity contribution in [3.63, 3.8) is 0 Å². The van der Waals surface area contributed by atoms with Gasteiger partial charge >= 0.3 is 0 Å². The molecule has 1 fully saturated rings.